The molecule has 2 rings (SSSR count). The van der Waals surface area contributed by atoms with Gasteiger partial charge in [0, 0.05) is 19.0 Å². The van der Waals surface area contributed by atoms with Crippen LogP contribution in [0.5, 0.6) is 11.8 Å². The van der Waals surface area contributed by atoms with Crippen LogP contribution >= 0.6 is 0 Å². The molecule has 18 heavy (non-hydrogen) atoms. The molecule has 98 valence electrons. The first-order chi connectivity index (χ1) is 8.60. The zero-order valence-electron chi connectivity index (χ0n) is 9.80. The third kappa shape index (κ3) is 2.61. The number of carbonyl (C=O) groups is 1. The number of likely N-dealkylation sites (tertiary alicyclic amines) is 1. The van der Waals surface area contributed by atoms with Gasteiger partial charge in [-0.1, -0.05) is 0 Å². The van der Waals surface area contributed by atoms with Crippen LogP contribution in [-0.4, -0.2) is 47.4 Å². The number of rotatable bonds is 3. The molecule has 7 heteroatoms. The lowest BCUT2D eigenvalue weighted by molar-refractivity contribution is 0.144. The van der Waals surface area contributed by atoms with Crippen LogP contribution in [0.1, 0.15) is 6.42 Å². The predicted molar refractivity (Wildman–Crippen MR) is 59.4 cm³/mol. The summed E-state index contributed by atoms with van der Waals surface area (Å²) in [4.78, 5) is 15.8. The lowest BCUT2D eigenvalue weighted by Gasteiger charge is -2.14. The number of hydrogen-bond donors (Lipinski definition) is 1. The highest BCUT2D eigenvalue weighted by Crippen LogP contribution is 2.21. The average Bonchev–Trinajstić information content (AvgIpc) is 2.80. The summed E-state index contributed by atoms with van der Waals surface area (Å²) >= 11 is 0. The van der Waals surface area contributed by atoms with E-state index in [1.54, 1.807) is 0 Å². The van der Waals surface area contributed by atoms with Crippen LogP contribution in [0.2, 0.25) is 0 Å². The van der Waals surface area contributed by atoms with Crippen molar-refractivity contribution in [2.24, 2.45) is 0 Å². The Labute approximate surface area is 103 Å². The Morgan fingerprint density at radius 1 is 1.61 bits per heavy atom. The van der Waals surface area contributed by atoms with Gasteiger partial charge in [0.25, 0.3) is 5.88 Å². The first-order valence-electron chi connectivity index (χ1n) is 5.45. The highest BCUT2D eigenvalue weighted by atomic mass is 19.1. The lowest BCUT2D eigenvalue weighted by atomic mass is 10.3. The van der Waals surface area contributed by atoms with Crippen molar-refractivity contribution in [1.82, 2.24) is 9.88 Å². The largest absolute Gasteiger partial charge is 0.479 e. The fourth-order valence-electron chi connectivity index (χ4n) is 1.78. The van der Waals surface area contributed by atoms with E-state index in [0.29, 0.717) is 13.0 Å². The van der Waals surface area contributed by atoms with Crippen LogP contribution in [-0.2, 0) is 0 Å². The molecular formula is C11H13FN2O4. The number of hydrogen-bond acceptors (Lipinski definition) is 4. The maximum Gasteiger partial charge on any atom is 0.407 e. The van der Waals surface area contributed by atoms with E-state index >= 15 is 0 Å². The SMILES string of the molecule is COc1nc(OC2CCN(C(=O)O)C2)ccc1F. The standard InChI is InChI=1S/C11H13FN2O4/c1-17-10-8(12)2-3-9(13-10)18-7-4-5-14(6-7)11(15)16/h2-3,7H,4-6H2,1H3,(H,15,16). The van der Waals surface area contributed by atoms with Crippen LogP contribution in [0, 0.1) is 5.82 Å². The van der Waals surface area contributed by atoms with Crippen LogP contribution in [0.15, 0.2) is 12.1 Å². The van der Waals surface area contributed by atoms with Crippen molar-refractivity contribution in [3.8, 4) is 11.8 Å². The first-order valence-corrected chi connectivity index (χ1v) is 5.45. The zero-order chi connectivity index (χ0) is 13.1. The van der Waals surface area contributed by atoms with Crippen molar-refractivity contribution in [2.75, 3.05) is 20.2 Å². The van der Waals surface area contributed by atoms with Crippen molar-refractivity contribution >= 4 is 6.09 Å². The van der Waals surface area contributed by atoms with Crippen LogP contribution < -0.4 is 9.47 Å². The summed E-state index contributed by atoms with van der Waals surface area (Å²) in [6, 6.07) is 2.59. The third-order valence-corrected chi connectivity index (χ3v) is 2.68. The highest BCUT2D eigenvalue weighted by molar-refractivity contribution is 5.65. The summed E-state index contributed by atoms with van der Waals surface area (Å²) in [5, 5.41) is 8.80. The second kappa shape index (κ2) is 5.07. The van der Waals surface area contributed by atoms with E-state index in [4.69, 9.17) is 14.6 Å². The van der Waals surface area contributed by atoms with Crippen molar-refractivity contribution in [3.63, 3.8) is 0 Å². The maximum atomic E-state index is 13.1. The molecule has 1 amide bonds. The van der Waals surface area contributed by atoms with E-state index in [0.717, 1.165) is 0 Å². The van der Waals surface area contributed by atoms with E-state index in [-0.39, 0.29) is 24.4 Å². The Balaban J connectivity index is 2.00. The Morgan fingerprint density at radius 3 is 3.00 bits per heavy atom. The van der Waals surface area contributed by atoms with E-state index < -0.39 is 11.9 Å². The van der Waals surface area contributed by atoms with Gasteiger partial charge in [0.2, 0.25) is 5.88 Å². The molecule has 1 atom stereocenters. The average molecular weight is 256 g/mol. The van der Waals surface area contributed by atoms with E-state index in [1.807, 2.05) is 0 Å². The molecule has 6 nitrogen and oxygen atoms in total. The van der Waals surface area contributed by atoms with Gasteiger partial charge in [-0.05, 0) is 6.07 Å². The molecule has 1 aromatic rings. The molecule has 1 unspecified atom stereocenters. The molecule has 0 saturated carbocycles. The molecule has 1 aliphatic rings. The molecule has 0 aromatic carbocycles. The number of nitrogens with zero attached hydrogens (tertiary/aromatic N) is 2. The molecule has 0 radical (unpaired) electrons. The van der Waals surface area contributed by atoms with Crippen molar-refractivity contribution < 1.29 is 23.8 Å². The monoisotopic (exact) mass is 256 g/mol. The number of carboxylic acid groups (broad SMARTS) is 1. The quantitative estimate of drug-likeness (QED) is 0.884. The van der Waals surface area contributed by atoms with Crippen LogP contribution in [0.4, 0.5) is 9.18 Å². The number of pyridine rings is 1. The molecule has 1 saturated heterocycles. The predicted octanol–water partition coefficient (Wildman–Crippen LogP) is 1.36. The van der Waals surface area contributed by atoms with Crippen LogP contribution in [0.3, 0.4) is 0 Å². The molecule has 2 heterocycles. The number of aromatic nitrogens is 1. The van der Waals surface area contributed by atoms with Gasteiger partial charge in [-0.25, -0.2) is 9.18 Å². The minimum atomic E-state index is -0.967. The summed E-state index contributed by atoms with van der Waals surface area (Å²) < 4.78 is 23.4. The van der Waals surface area contributed by atoms with Crippen LogP contribution in [0.25, 0.3) is 0 Å². The summed E-state index contributed by atoms with van der Waals surface area (Å²) in [5.74, 6) is -0.477. The van der Waals surface area contributed by atoms with Crippen molar-refractivity contribution in [3.05, 3.63) is 17.9 Å². The lowest BCUT2D eigenvalue weighted by Crippen LogP contribution is -2.29. The Hall–Kier alpha value is -2.05. The fraction of sp³-hybridized carbons (Fsp3) is 0.455. The second-order valence-corrected chi connectivity index (χ2v) is 3.90. The van der Waals surface area contributed by atoms with Crippen molar-refractivity contribution in [1.29, 1.82) is 0 Å². The maximum absolute atomic E-state index is 13.1. The summed E-state index contributed by atoms with van der Waals surface area (Å²) in [6.07, 6.45) is -0.636. The Kier molecular flexibility index (Phi) is 3.50. The Bertz CT molecular complexity index is 455. The summed E-state index contributed by atoms with van der Waals surface area (Å²) in [7, 11) is 1.32. The molecular weight excluding hydrogens is 243 g/mol. The minimum absolute atomic E-state index is 0.138. The van der Waals surface area contributed by atoms with Gasteiger partial charge in [-0.2, -0.15) is 4.98 Å². The van der Waals surface area contributed by atoms with Gasteiger partial charge in [0.1, 0.15) is 6.10 Å². The zero-order valence-corrected chi connectivity index (χ0v) is 9.80. The van der Waals surface area contributed by atoms with Gasteiger partial charge in [0.15, 0.2) is 5.82 Å². The fourth-order valence-corrected chi connectivity index (χ4v) is 1.78. The molecule has 1 aliphatic heterocycles. The molecule has 0 bridgehead atoms. The second-order valence-electron chi connectivity index (χ2n) is 3.90. The topological polar surface area (TPSA) is 71.9 Å². The highest BCUT2D eigenvalue weighted by Gasteiger charge is 2.27. The normalized spacial score (nSPS) is 18.8. The van der Waals surface area contributed by atoms with E-state index in [9.17, 15) is 9.18 Å². The van der Waals surface area contributed by atoms with E-state index in [1.165, 1.54) is 24.1 Å². The van der Waals surface area contributed by atoms with Gasteiger partial charge in [0.05, 0.1) is 13.7 Å². The van der Waals surface area contributed by atoms with Gasteiger partial charge < -0.3 is 19.5 Å². The molecule has 0 spiro atoms. The Morgan fingerprint density at radius 2 is 2.39 bits per heavy atom. The van der Waals surface area contributed by atoms with Crippen molar-refractivity contribution in [2.45, 2.75) is 12.5 Å². The molecule has 0 aliphatic carbocycles. The molecule has 1 N–H and O–H groups in total. The molecule has 1 aromatic heterocycles. The van der Waals surface area contributed by atoms with Gasteiger partial charge in [-0.3, -0.25) is 0 Å². The number of halogens is 1. The molecule has 1 fully saturated rings. The van der Waals surface area contributed by atoms with Gasteiger partial charge >= 0.3 is 6.09 Å². The number of amides is 1. The number of ether oxygens (including phenoxy) is 2. The van der Waals surface area contributed by atoms with E-state index in [2.05, 4.69) is 4.98 Å². The summed E-state index contributed by atoms with van der Waals surface area (Å²) in [5.41, 5.74) is 0. The minimum Gasteiger partial charge on any atom is -0.479 e. The number of methoxy groups -OCH3 is 1. The van der Waals surface area contributed by atoms with Gasteiger partial charge in [-0.15, -0.1) is 0 Å². The third-order valence-electron chi connectivity index (χ3n) is 2.68. The smallest absolute Gasteiger partial charge is 0.407 e. The first kappa shape index (κ1) is 12.4. The summed E-state index contributed by atoms with van der Waals surface area (Å²) in [6.45, 7) is 0.717.